The van der Waals surface area contributed by atoms with Crippen molar-refractivity contribution in [3.8, 4) is 0 Å². The molecule has 1 heterocycles. The number of hydrogen-bond acceptors (Lipinski definition) is 5. The normalized spacial score (nSPS) is 43.5. The van der Waals surface area contributed by atoms with Crippen LogP contribution in [0.4, 0.5) is 0 Å². The van der Waals surface area contributed by atoms with Crippen molar-refractivity contribution >= 4 is 17.7 Å². The fraction of sp³-hybridized carbons (Fsp3) is 0.800. The average Bonchev–Trinajstić information content (AvgIpc) is 3.48. The number of esters is 1. The Morgan fingerprint density at radius 1 is 1.05 bits per heavy atom. The van der Waals surface area contributed by atoms with E-state index in [9.17, 15) is 19.5 Å². The first kappa shape index (κ1) is 30.5. The van der Waals surface area contributed by atoms with Gasteiger partial charge in [0.25, 0.3) is 0 Å². The van der Waals surface area contributed by atoms with Gasteiger partial charge < -0.3 is 14.7 Å². The van der Waals surface area contributed by atoms with E-state index in [0.717, 1.165) is 31.3 Å². The lowest BCUT2D eigenvalue weighted by atomic mass is 9.36. The first-order chi connectivity index (χ1) is 19.2. The lowest BCUT2D eigenvalue weighted by Crippen LogP contribution is -2.65. The zero-order chi connectivity index (χ0) is 29.9. The summed E-state index contributed by atoms with van der Waals surface area (Å²) in [5.41, 5.74) is 1.55. The predicted molar refractivity (Wildman–Crippen MR) is 160 cm³/mol. The molecule has 0 bridgehead atoms. The zero-order valence-corrected chi connectivity index (χ0v) is 26.6. The molecule has 0 aromatic carbocycles. The van der Waals surface area contributed by atoms with Crippen LogP contribution in [0.25, 0.3) is 0 Å². The van der Waals surface area contributed by atoms with Crippen molar-refractivity contribution in [3.05, 3.63) is 22.8 Å². The molecule has 0 radical (unpaired) electrons. The largest absolute Gasteiger partial charge is 0.478 e. The van der Waals surface area contributed by atoms with Crippen LogP contribution in [0.5, 0.6) is 0 Å². The Morgan fingerprint density at radius 3 is 2.34 bits per heavy atom. The number of nitrogens with zero attached hydrogens (tertiary/aromatic N) is 1. The summed E-state index contributed by atoms with van der Waals surface area (Å²) in [5, 5.41) is 10.4. The van der Waals surface area contributed by atoms with E-state index in [1.807, 2.05) is 13.8 Å². The van der Waals surface area contributed by atoms with E-state index in [1.54, 1.807) is 0 Å². The summed E-state index contributed by atoms with van der Waals surface area (Å²) >= 11 is 0. The van der Waals surface area contributed by atoms with Gasteiger partial charge >= 0.3 is 11.9 Å². The molecule has 9 atom stereocenters. The van der Waals surface area contributed by atoms with Crippen LogP contribution in [0, 0.1) is 39.9 Å². The van der Waals surface area contributed by atoms with Crippen LogP contribution < -0.4 is 0 Å². The highest BCUT2D eigenvalue weighted by atomic mass is 16.5. The molecule has 6 heteroatoms. The fourth-order valence-corrected chi connectivity index (χ4v) is 11.1. The number of Topliss-reactive ketones (excluding diaryl/α,β-unsaturated/α-hetero) is 1. The van der Waals surface area contributed by atoms with E-state index in [0.29, 0.717) is 60.5 Å². The summed E-state index contributed by atoms with van der Waals surface area (Å²) in [7, 11) is 0. The molecule has 5 fully saturated rings. The molecule has 4 saturated carbocycles. The predicted octanol–water partition coefficient (Wildman–Crippen LogP) is 6.98. The molecule has 5 aliphatic rings. The molecule has 1 unspecified atom stereocenters. The second-order valence-corrected chi connectivity index (χ2v) is 15.2. The van der Waals surface area contributed by atoms with Crippen LogP contribution in [-0.2, 0) is 19.1 Å². The van der Waals surface area contributed by atoms with Crippen LogP contribution in [0.3, 0.4) is 0 Å². The van der Waals surface area contributed by atoms with Gasteiger partial charge in [-0.2, -0.15) is 0 Å². The van der Waals surface area contributed by atoms with Crippen LogP contribution in [0.1, 0.15) is 113 Å². The highest BCUT2D eigenvalue weighted by Gasteiger charge is 2.71. The van der Waals surface area contributed by atoms with Crippen molar-refractivity contribution in [3.63, 3.8) is 0 Å². The summed E-state index contributed by atoms with van der Waals surface area (Å²) in [6, 6.07) is 0.621. The maximum absolute atomic E-state index is 14.5. The van der Waals surface area contributed by atoms with Crippen molar-refractivity contribution in [1.29, 1.82) is 0 Å². The Balaban J connectivity index is 1.54. The number of rotatable bonds is 6. The number of likely N-dealkylation sites (tertiary alicyclic amines) is 1. The number of allylic oxidation sites excluding steroid dienone is 2. The van der Waals surface area contributed by atoms with Crippen LogP contribution in [-0.4, -0.2) is 53.0 Å². The van der Waals surface area contributed by atoms with Crippen molar-refractivity contribution < 1.29 is 24.2 Å². The molecular weight excluding hydrogens is 514 g/mol. The monoisotopic (exact) mass is 567 g/mol. The van der Waals surface area contributed by atoms with Gasteiger partial charge in [-0.25, -0.2) is 4.79 Å². The van der Waals surface area contributed by atoms with Crippen LogP contribution >= 0.6 is 0 Å². The molecule has 1 aliphatic heterocycles. The highest BCUT2D eigenvalue weighted by Crippen LogP contribution is 2.73. The standard InChI is InChI=1S/C35H53NO5/c1-21(2)11-10-12-24(32(39)40)30-26-19-28(38)31-33(5)15-14-27(36-17-8-9-18-36)22(3)25(33)13-16-34(31,6)35(26,7)20-29(30)41-23(4)37/h11,22,25-27,29,31H,8-10,12-20H2,1-7H3,(H,39,40)/b30-24-/t22-,25-,26-,27?,29-,31-,33-,34-,35-/m0/s1. The highest BCUT2D eigenvalue weighted by molar-refractivity contribution is 5.90. The zero-order valence-electron chi connectivity index (χ0n) is 26.6. The van der Waals surface area contributed by atoms with Crippen molar-refractivity contribution in [1.82, 2.24) is 4.90 Å². The van der Waals surface area contributed by atoms with Crippen molar-refractivity contribution in [2.45, 2.75) is 125 Å². The SMILES string of the molecule is CC(=O)O[C@H]1C[C@@]2(C)[C@@H](CC(=O)[C@H]3[C@@]4(C)CCC(N5CCCC5)[C@@H](C)[C@@H]4CC[C@@]32C)/C1=C(\CCC=C(C)C)C(=O)O. The second-order valence-electron chi connectivity index (χ2n) is 15.2. The van der Waals surface area contributed by atoms with Crippen molar-refractivity contribution in [2.24, 2.45) is 39.9 Å². The van der Waals surface area contributed by atoms with E-state index in [1.165, 1.54) is 32.9 Å². The minimum absolute atomic E-state index is 0.0479. The Labute approximate surface area is 247 Å². The van der Waals surface area contributed by atoms with E-state index < -0.39 is 12.1 Å². The number of carboxylic acids is 1. The van der Waals surface area contributed by atoms with Gasteiger partial charge in [0.05, 0.1) is 0 Å². The minimum Gasteiger partial charge on any atom is -0.478 e. The molecule has 228 valence electrons. The summed E-state index contributed by atoms with van der Waals surface area (Å²) in [6.07, 6.45) is 10.3. The molecule has 0 aromatic heterocycles. The number of carbonyl (C=O) groups excluding carboxylic acids is 2. The Kier molecular flexibility index (Phi) is 8.15. The molecule has 4 aliphatic carbocycles. The molecule has 0 amide bonds. The first-order valence-electron chi connectivity index (χ1n) is 16.3. The number of carbonyl (C=O) groups is 3. The van der Waals surface area contributed by atoms with E-state index >= 15 is 0 Å². The molecule has 0 spiro atoms. The quantitative estimate of drug-likeness (QED) is 0.212. The number of ether oxygens (including phenoxy) is 1. The maximum atomic E-state index is 14.5. The number of hydrogen-bond donors (Lipinski definition) is 1. The fourth-order valence-electron chi connectivity index (χ4n) is 11.1. The Bertz CT molecular complexity index is 1150. The van der Waals surface area contributed by atoms with Gasteiger partial charge in [0.15, 0.2) is 0 Å². The Hall–Kier alpha value is -1.95. The summed E-state index contributed by atoms with van der Waals surface area (Å²) in [5.74, 6) is -0.205. The molecule has 5 rings (SSSR count). The average molecular weight is 568 g/mol. The van der Waals surface area contributed by atoms with Gasteiger partial charge in [0.1, 0.15) is 11.9 Å². The molecule has 1 N–H and O–H groups in total. The third kappa shape index (κ3) is 4.84. The van der Waals surface area contributed by atoms with E-state index in [4.69, 9.17) is 4.74 Å². The maximum Gasteiger partial charge on any atom is 0.331 e. The van der Waals surface area contributed by atoms with Gasteiger partial charge in [-0.05, 0) is 124 Å². The first-order valence-corrected chi connectivity index (χ1v) is 16.3. The Morgan fingerprint density at radius 2 is 1.73 bits per heavy atom. The van der Waals surface area contributed by atoms with Gasteiger partial charge in [-0.15, -0.1) is 0 Å². The van der Waals surface area contributed by atoms with E-state index in [2.05, 4.69) is 38.7 Å². The van der Waals surface area contributed by atoms with Gasteiger partial charge in [-0.1, -0.05) is 39.3 Å². The third-order valence-corrected chi connectivity index (χ3v) is 12.9. The van der Waals surface area contributed by atoms with Gasteiger partial charge in [0, 0.05) is 30.9 Å². The lowest BCUT2D eigenvalue weighted by molar-refractivity contribution is -0.195. The number of fused-ring (bicyclic) bond motifs is 5. The van der Waals surface area contributed by atoms with Crippen molar-refractivity contribution in [2.75, 3.05) is 13.1 Å². The molecule has 6 nitrogen and oxygen atoms in total. The molecular formula is C35H53NO5. The molecule has 41 heavy (non-hydrogen) atoms. The topological polar surface area (TPSA) is 83.9 Å². The lowest BCUT2D eigenvalue weighted by Gasteiger charge is -2.67. The second kappa shape index (κ2) is 11.0. The third-order valence-electron chi connectivity index (χ3n) is 12.9. The summed E-state index contributed by atoms with van der Waals surface area (Å²) in [6.45, 7) is 17.3. The van der Waals surface area contributed by atoms with Crippen LogP contribution in [0.15, 0.2) is 22.8 Å². The number of ketones is 1. The summed E-state index contributed by atoms with van der Waals surface area (Å²) in [4.78, 5) is 42.3. The van der Waals surface area contributed by atoms with E-state index in [-0.39, 0.29) is 34.1 Å². The molecule has 1 saturated heterocycles. The molecule has 0 aromatic rings. The van der Waals surface area contributed by atoms with Gasteiger partial charge in [-0.3, -0.25) is 9.59 Å². The number of aliphatic carboxylic acids is 1. The minimum atomic E-state index is -0.951. The smallest absolute Gasteiger partial charge is 0.331 e. The van der Waals surface area contributed by atoms with Crippen LogP contribution in [0.2, 0.25) is 0 Å². The number of carboxylic acid groups (broad SMARTS) is 1. The summed E-state index contributed by atoms with van der Waals surface area (Å²) < 4.78 is 5.93. The van der Waals surface area contributed by atoms with Gasteiger partial charge in [0.2, 0.25) is 0 Å².